The van der Waals surface area contributed by atoms with Gasteiger partial charge in [-0.1, -0.05) is 41.1 Å². The largest absolute Gasteiger partial charge is 0.329 e. The van der Waals surface area contributed by atoms with E-state index in [9.17, 15) is 0 Å². The number of benzene rings is 2. The van der Waals surface area contributed by atoms with Crippen molar-refractivity contribution in [3.8, 4) is 5.69 Å². The average Bonchev–Trinajstić information content (AvgIpc) is 3.46. The lowest BCUT2D eigenvalue weighted by Crippen LogP contribution is -1.90. The van der Waals surface area contributed by atoms with Gasteiger partial charge in [-0.2, -0.15) is 5.10 Å². The van der Waals surface area contributed by atoms with Crippen molar-refractivity contribution < 1.29 is 0 Å². The summed E-state index contributed by atoms with van der Waals surface area (Å²) < 4.78 is 2.00. The van der Waals surface area contributed by atoms with E-state index in [0.29, 0.717) is 16.6 Å². The highest BCUT2D eigenvalue weighted by Gasteiger charge is 2.11. The van der Waals surface area contributed by atoms with E-state index in [1.54, 1.807) is 6.20 Å². The third-order valence-electron chi connectivity index (χ3n) is 4.29. The Bertz CT molecular complexity index is 1240. The molecule has 0 aliphatic carbocycles. The summed E-state index contributed by atoms with van der Waals surface area (Å²) in [6.45, 7) is 0. The summed E-state index contributed by atoms with van der Waals surface area (Å²) in [6, 6.07) is 13.9. The van der Waals surface area contributed by atoms with Gasteiger partial charge in [0.25, 0.3) is 0 Å². The van der Waals surface area contributed by atoms with Gasteiger partial charge in [-0.25, -0.2) is 4.98 Å². The van der Waals surface area contributed by atoms with Crippen molar-refractivity contribution in [3.05, 3.63) is 76.9 Å². The molecule has 5 rings (SSSR count). The first-order valence-corrected chi connectivity index (χ1v) is 9.75. The van der Waals surface area contributed by atoms with Crippen molar-refractivity contribution in [1.29, 1.82) is 0 Å². The van der Waals surface area contributed by atoms with Crippen LogP contribution in [0, 0.1) is 0 Å². The van der Waals surface area contributed by atoms with Gasteiger partial charge in [-0.3, -0.25) is 5.10 Å². The molecule has 5 aromatic rings. The number of hydrogen-bond acceptors (Lipinski definition) is 6. The number of nitrogens with zero attached hydrogens (tertiary/aromatic N) is 5. The molecule has 0 saturated heterocycles. The third kappa shape index (κ3) is 3.23. The number of hydrogen-bond donors (Lipinski definition) is 2. The van der Waals surface area contributed by atoms with Crippen molar-refractivity contribution in [2.75, 3.05) is 5.32 Å². The second kappa shape index (κ2) is 7.06. The number of fused-ring (bicyclic) bond motifs is 1. The molecule has 3 aromatic heterocycles. The molecule has 9 heteroatoms. The quantitative estimate of drug-likeness (QED) is 0.445. The first-order valence-electron chi connectivity index (χ1n) is 8.55. The molecular formula is C19H14ClN7S. The van der Waals surface area contributed by atoms with Gasteiger partial charge in [0.05, 0.1) is 34.4 Å². The van der Waals surface area contributed by atoms with E-state index in [0.717, 1.165) is 33.0 Å². The van der Waals surface area contributed by atoms with Crippen molar-refractivity contribution in [2.24, 2.45) is 0 Å². The van der Waals surface area contributed by atoms with Gasteiger partial charge >= 0.3 is 0 Å². The summed E-state index contributed by atoms with van der Waals surface area (Å²) in [5, 5.41) is 21.7. The van der Waals surface area contributed by atoms with E-state index in [4.69, 9.17) is 11.6 Å². The molecular weight excluding hydrogens is 394 g/mol. The van der Waals surface area contributed by atoms with Crippen molar-refractivity contribution >= 4 is 44.7 Å². The molecule has 7 nitrogen and oxygen atoms in total. The smallest absolute Gasteiger partial charge is 0.210 e. The second-order valence-corrected chi connectivity index (χ2v) is 7.61. The predicted octanol–water partition coefficient (Wildman–Crippen LogP) is 4.59. The Morgan fingerprint density at radius 2 is 2.00 bits per heavy atom. The topological polar surface area (TPSA) is 84.3 Å². The molecule has 0 spiro atoms. The lowest BCUT2D eigenvalue weighted by atomic mass is 10.2. The van der Waals surface area contributed by atoms with E-state index in [-0.39, 0.29) is 0 Å². The van der Waals surface area contributed by atoms with Gasteiger partial charge in [0, 0.05) is 23.7 Å². The normalized spacial score (nSPS) is 11.2. The number of H-pyrrole nitrogens is 1. The fourth-order valence-corrected chi connectivity index (χ4v) is 3.95. The zero-order chi connectivity index (χ0) is 18.9. The van der Waals surface area contributed by atoms with Crippen LogP contribution in [0.1, 0.15) is 10.7 Å². The third-order valence-corrected chi connectivity index (χ3v) is 5.54. The summed E-state index contributed by atoms with van der Waals surface area (Å²) in [6.07, 6.45) is 6.14. The average molecular weight is 408 g/mol. The van der Waals surface area contributed by atoms with E-state index in [2.05, 4.69) is 30.7 Å². The maximum Gasteiger partial charge on any atom is 0.210 e. The summed E-state index contributed by atoms with van der Waals surface area (Å²) in [7, 11) is 0. The Labute approximate surface area is 169 Å². The minimum atomic E-state index is 0.601. The van der Waals surface area contributed by atoms with Crippen LogP contribution in [0.2, 0.25) is 5.02 Å². The van der Waals surface area contributed by atoms with E-state index < -0.39 is 0 Å². The van der Waals surface area contributed by atoms with Crippen LogP contribution in [0.15, 0.2) is 61.2 Å². The Hall–Kier alpha value is -3.23. The number of para-hydroxylation sites is 1. The van der Waals surface area contributed by atoms with Crippen molar-refractivity contribution in [2.45, 2.75) is 6.42 Å². The lowest BCUT2D eigenvalue weighted by Gasteiger charge is -2.04. The van der Waals surface area contributed by atoms with Gasteiger partial charge in [0.2, 0.25) is 5.13 Å². The van der Waals surface area contributed by atoms with Crippen molar-refractivity contribution in [1.82, 2.24) is 29.9 Å². The standard InChI is InChI=1S/C19H14ClN7S/c20-18-14-9-22-24-15(14)6-7-16(18)23-19-26-25-17(28-19)8-12-10-27(11-21-12)13-4-2-1-3-5-13/h1-7,9-11H,8H2,(H,22,24)(H,23,26). The Balaban J connectivity index is 1.32. The maximum absolute atomic E-state index is 6.45. The molecule has 0 radical (unpaired) electrons. The molecule has 0 unspecified atom stereocenters. The van der Waals surface area contributed by atoms with E-state index >= 15 is 0 Å². The molecule has 0 aliphatic rings. The maximum atomic E-state index is 6.45. The minimum Gasteiger partial charge on any atom is -0.329 e. The molecule has 0 aliphatic heterocycles. The minimum absolute atomic E-state index is 0.601. The molecule has 0 saturated carbocycles. The van der Waals surface area contributed by atoms with Crippen LogP contribution < -0.4 is 5.32 Å². The Morgan fingerprint density at radius 1 is 1.11 bits per heavy atom. The van der Waals surface area contributed by atoms with Gasteiger partial charge < -0.3 is 9.88 Å². The molecule has 3 heterocycles. The fraction of sp³-hybridized carbons (Fsp3) is 0.0526. The Morgan fingerprint density at radius 3 is 2.89 bits per heavy atom. The Kier molecular flexibility index (Phi) is 4.27. The predicted molar refractivity (Wildman–Crippen MR) is 111 cm³/mol. The highest BCUT2D eigenvalue weighted by molar-refractivity contribution is 7.15. The van der Waals surface area contributed by atoms with Crippen LogP contribution in [0.4, 0.5) is 10.8 Å². The van der Waals surface area contributed by atoms with Crippen LogP contribution in [-0.4, -0.2) is 29.9 Å². The highest BCUT2D eigenvalue weighted by atomic mass is 35.5. The van der Waals surface area contributed by atoms with E-state index in [1.165, 1.54) is 11.3 Å². The summed E-state index contributed by atoms with van der Waals surface area (Å²) in [5.41, 5.74) is 3.67. The molecule has 2 N–H and O–H groups in total. The molecule has 28 heavy (non-hydrogen) atoms. The van der Waals surface area contributed by atoms with E-state index in [1.807, 2.05) is 59.6 Å². The number of anilines is 2. The summed E-state index contributed by atoms with van der Waals surface area (Å²) >= 11 is 7.93. The number of nitrogens with one attached hydrogen (secondary N) is 2. The van der Waals surface area contributed by atoms with Crippen LogP contribution in [0.25, 0.3) is 16.6 Å². The monoisotopic (exact) mass is 407 g/mol. The first-order chi connectivity index (χ1) is 13.8. The summed E-state index contributed by atoms with van der Waals surface area (Å²) in [4.78, 5) is 4.47. The number of halogens is 1. The van der Waals surface area contributed by atoms with Gasteiger partial charge in [0.1, 0.15) is 5.01 Å². The number of imidazole rings is 1. The molecule has 0 atom stereocenters. The van der Waals surface area contributed by atoms with Crippen LogP contribution in [0.5, 0.6) is 0 Å². The molecule has 138 valence electrons. The molecule has 0 fully saturated rings. The van der Waals surface area contributed by atoms with Gasteiger partial charge in [0.15, 0.2) is 0 Å². The molecule has 0 bridgehead atoms. The van der Waals surface area contributed by atoms with Gasteiger partial charge in [-0.05, 0) is 24.3 Å². The first kappa shape index (κ1) is 16.9. The lowest BCUT2D eigenvalue weighted by molar-refractivity contribution is 0.986. The zero-order valence-electron chi connectivity index (χ0n) is 14.5. The van der Waals surface area contributed by atoms with Gasteiger partial charge in [-0.15, -0.1) is 10.2 Å². The number of aromatic nitrogens is 6. The number of rotatable bonds is 5. The van der Waals surface area contributed by atoms with Crippen LogP contribution >= 0.6 is 22.9 Å². The van der Waals surface area contributed by atoms with Crippen LogP contribution in [0.3, 0.4) is 0 Å². The molecule has 2 aromatic carbocycles. The SMILES string of the molecule is Clc1c(Nc2nnc(Cc3cn(-c4ccccc4)cn3)s2)ccc2[nH]ncc12. The highest BCUT2D eigenvalue weighted by Crippen LogP contribution is 2.32. The van der Waals surface area contributed by atoms with Crippen LogP contribution in [-0.2, 0) is 6.42 Å². The molecule has 0 amide bonds. The fourth-order valence-electron chi connectivity index (χ4n) is 2.92. The zero-order valence-corrected chi connectivity index (χ0v) is 16.1. The number of aromatic amines is 1. The second-order valence-electron chi connectivity index (χ2n) is 6.17. The van der Waals surface area contributed by atoms with Crippen molar-refractivity contribution in [3.63, 3.8) is 0 Å². The summed E-state index contributed by atoms with van der Waals surface area (Å²) in [5.74, 6) is 0.